The minimum absolute atomic E-state index is 0.0248. The topological polar surface area (TPSA) is 112 Å². The van der Waals surface area contributed by atoms with Gasteiger partial charge in [-0.05, 0) is 76.9 Å². The van der Waals surface area contributed by atoms with E-state index in [1.165, 1.54) is 32.2 Å². The molecule has 1 saturated heterocycles. The molecule has 13 heteroatoms. The summed E-state index contributed by atoms with van der Waals surface area (Å²) in [5.74, 6) is -1.31. The van der Waals surface area contributed by atoms with Crippen molar-refractivity contribution < 1.29 is 36.2 Å². The van der Waals surface area contributed by atoms with Gasteiger partial charge < -0.3 is 23.7 Å². The van der Waals surface area contributed by atoms with Crippen LogP contribution < -0.4 is 14.2 Å². The van der Waals surface area contributed by atoms with Crippen molar-refractivity contribution in [2.75, 3.05) is 30.7 Å². The normalized spacial score (nSPS) is 14.4. The monoisotopic (exact) mass is 656 g/mol. The first-order valence-electron chi connectivity index (χ1n) is 15.0. The van der Waals surface area contributed by atoms with Crippen LogP contribution in [-0.4, -0.2) is 60.5 Å². The number of ether oxygens (including phenoxy) is 3. The number of amides is 1. The summed E-state index contributed by atoms with van der Waals surface area (Å²) in [6, 6.07) is 9.65. The molecule has 0 saturated carbocycles. The van der Waals surface area contributed by atoms with Gasteiger partial charge in [-0.25, -0.2) is 27.0 Å². The Morgan fingerprint density at radius 2 is 1.74 bits per heavy atom. The summed E-state index contributed by atoms with van der Waals surface area (Å²) in [5.41, 5.74) is 2.28. The fourth-order valence-corrected chi connectivity index (χ4v) is 6.11. The molecule has 1 aliphatic rings. The summed E-state index contributed by atoms with van der Waals surface area (Å²) in [6.45, 7) is 8.04. The minimum atomic E-state index is -3.61. The van der Waals surface area contributed by atoms with E-state index in [0.717, 1.165) is 23.2 Å². The Morgan fingerprint density at radius 1 is 1.04 bits per heavy atom. The first kappa shape index (κ1) is 33.0. The van der Waals surface area contributed by atoms with Crippen molar-refractivity contribution in [3.05, 3.63) is 66.0 Å². The maximum Gasteiger partial charge on any atom is 0.410 e. The summed E-state index contributed by atoms with van der Waals surface area (Å²) in [4.78, 5) is 19.2. The minimum Gasteiger partial charge on any atom is -0.479 e. The molecule has 1 fully saturated rings. The second kappa shape index (κ2) is 12.8. The summed E-state index contributed by atoms with van der Waals surface area (Å²) < 4.78 is 74.8. The number of benzene rings is 2. The molecule has 5 rings (SSSR count). The van der Waals surface area contributed by atoms with Crippen LogP contribution in [0.4, 0.5) is 19.3 Å². The first-order valence-corrected chi connectivity index (χ1v) is 16.6. The maximum atomic E-state index is 14.7. The zero-order valence-corrected chi connectivity index (χ0v) is 27.5. The van der Waals surface area contributed by atoms with Crippen LogP contribution in [0.25, 0.3) is 22.0 Å². The van der Waals surface area contributed by atoms with E-state index in [1.807, 2.05) is 44.6 Å². The molecular formula is C33H38F2N4O6S. The predicted molar refractivity (Wildman–Crippen MR) is 172 cm³/mol. The van der Waals surface area contributed by atoms with Crippen molar-refractivity contribution in [1.29, 1.82) is 0 Å². The lowest BCUT2D eigenvalue weighted by molar-refractivity contribution is 0.0204. The molecule has 0 bridgehead atoms. The number of nitrogens with one attached hydrogen (secondary N) is 1. The number of carbonyl (C=O) groups excluding carboxylic acids is 1. The number of fused-ring (bicyclic) bond motifs is 1. The van der Waals surface area contributed by atoms with Gasteiger partial charge in [0.05, 0.1) is 12.9 Å². The molecule has 10 nitrogen and oxygen atoms in total. The Bertz CT molecular complexity index is 1880. The van der Waals surface area contributed by atoms with Gasteiger partial charge in [0.1, 0.15) is 22.7 Å². The highest BCUT2D eigenvalue weighted by Gasteiger charge is 2.29. The first-order chi connectivity index (χ1) is 21.7. The van der Waals surface area contributed by atoms with Gasteiger partial charge in [-0.15, -0.1) is 0 Å². The van der Waals surface area contributed by atoms with Crippen molar-refractivity contribution in [2.24, 2.45) is 7.05 Å². The van der Waals surface area contributed by atoms with Crippen LogP contribution in [0.3, 0.4) is 0 Å². The third-order valence-electron chi connectivity index (χ3n) is 7.74. The molecule has 246 valence electrons. The molecule has 0 aliphatic carbocycles. The molecular weight excluding hydrogens is 618 g/mol. The Labute approximate surface area is 267 Å². The summed E-state index contributed by atoms with van der Waals surface area (Å²) in [6.07, 6.45) is 2.82. The summed E-state index contributed by atoms with van der Waals surface area (Å²) >= 11 is 0. The van der Waals surface area contributed by atoms with Gasteiger partial charge >= 0.3 is 6.09 Å². The van der Waals surface area contributed by atoms with E-state index in [-0.39, 0.29) is 35.0 Å². The van der Waals surface area contributed by atoms with Crippen molar-refractivity contribution in [3.63, 3.8) is 0 Å². The molecule has 2 aromatic carbocycles. The number of carbonyl (C=O) groups is 1. The van der Waals surface area contributed by atoms with Gasteiger partial charge in [0.2, 0.25) is 15.9 Å². The fourth-order valence-electron chi connectivity index (χ4n) is 5.48. The molecule has 4 aromatic rings. The highest BCUT2D eigenvalue weighted by molar-refractivity contribution is 7.92. The zero-order valence-electron chi connectivity index (χ0n) is 26.7. The van der Waals surface area contributed by atoms with Gasteiger partial charge in [-0.1, -0.05) is 0 Å². The lowest BCUT2D eigenvalue weighted by Gasteiger charge is -2.33. The lowest BCUT2D eigenvalue weighted by atomic mass is 9.92. The Balaban J connectivity index is 1.58. The van der Waals surface area contributed by atoms with Crippen molar-refractivity contribution in [3.8, 4) is 28.5 Å². The number of hydrogen-bond donors (Lipinski definition) is 1. The van der Waals surface area contributed by atoms with Gasteiger partial charge in [-0.3, -0.25) is 4.72 Å². The predicted octanol–water partition coefficient (Wildman–Crippen LogP) is 7.20. The molecule has 1 N–H and O–H groups in total. The average molecular weight is 657 g/mol. The van der Waals surface area contributed by atoms with E-state index in [1.54, 1.807) is 11.0 Å². The van der Waals surface area contributed by atoms with Crippen LogP contribution in [0.2, 0.25) is 0 Å². The third-order valence-corrected chi connectivity index (χ3v) is 9.05. The van der Waals surface area contributed by atoms with E-state index in [2.05, 4.69) is 4.72 Å². The quantitative estimate of drug-likeness (QED) is 0.214. The SMILES string of the molecule is CCS(=O)(=O)Nc1ccc(Oc2ccc(F)cc2F)c(-c2cn(C)c3c(OC)nc(C4CCN(C(=O)OC(C)(C)C)CC4)cc23)c1. The van der Waals surface area contributed by atoms with Gasteiger partial charge in [0.15, 0.2) is 11.6 Å². The van der Waals surface area contributed by atoms with Crippen LogP contribution in [0.5, 0.6) is 17.4 Å². The van der Waals surface area contributed by atoms with Crippen molar-refractivity contribution >= 4 is 32.7 Å². The third kappa shape index (κ3) is 7.19. The summed E-state index contributed by atoms with van der Waals surface area (Å²) in [7, 11) is -0.240. The van der Waals surface area contributed by atoms with Crippen molar-refractivity contribution in [1.82, 2.24) is 14.5 Å². The number of hydrogen-bond acceptors (Lipinski definition) is 7. The number of likely N-dealkylation sites (tertiary alicyclic amines) is 1. The zero-order chi connectivity index (χ0) is 33.4. The smallest absolute Gasteiger partial charge is 0.410 e. The second-order valence-corrected chi connectivity index (χ2v) is 14.3. The number of nitrogens with zero attached hydrogens (tertiary/aromatic N) is 3. The number of methoxy groups -OCH3 is 1. The van der Waals surface area contributed by atoms with Gasteiger partial charge in [0.25, 0.3) is 0 Å². The van der Waals surface area contributed by atoms with E-state index in [4.69, 9.17) is 19.2 Å². The largest absolute Gasteiger partial charge is 0.479 e. The standard InChI is InChI=1S/C33H38F2N4O6S/c1-7-46(41,42)37-22-9-11-28(44-29-10-8-21(34)16-26(29)35)23(17-22)25-19-38(5)30-24(25)18-27(36-31(30)43-6)20-12-14-39(15-13-20)32(40)45-33(2,3)4/h8-11,16-20,37H,7,12-15H2,1-6H3. The number of aromatic nitrogens is 2. The molecule has 0 unspecified atom stereocenters. The number of piperidine rings is 1. The molecule has 3 heterocycles. The van der Waals surface area contributed by atoms with Crippen LogP contribution in [0, 0.1) is 11.6 Å². The van der Waals surface area contributed by atoms with E-state index in [0.29, 0.717) is 48.5 Å². The van der Waals surface area contributed by atoms with Gasteiger partial charge in [0, 0.05) is 66.2 Å². The molecule has 0 spiro atoms. The fraction of sp³-hybridized carbons (Fsp3) is 0.394. The lowest BCUT2D eigenvalue weighted by Crippen LogP contribution is -2.41. The average Bonchev–Trinajstić information content (AvgIpc) is 3.33. The van der Waals surface area contributed by atoms with Crippen LogP contribution in [-0.2, 0) is 21.8 Å². The Hall–Kier alpha value is -4.39. The number of pyridine rings is 1. The maximum absolute atomic E-state index is 14.7. The molecule has 2 aromatic heterocycles. The molecule has 0 atom stereocenters. The number of aryl methyl sites for hydroxylation is 1. The number of sulfonamides is 1. The second-order valence-electron chi connectivity index (χ2n) is 12.2. The van der Waals surface area contributed by atoms with E-state index in [9.17, 15) is 22.0 Å². The Morgan fingerprint density at radius 3 is 2.37 bits per heavy atom. The molecule has 1 amide bonds. The highest BCUT2D eigenvalue weighted by atomic mass is 32.2. The van der Waals surface area contributed by atoms with Crippen LogP contribution in [0.1, 0.15) is 52.1 Å². The molecule has 0 radical (unpaired) electrons. The van der Waals surface area contributed by atoms with Gasteiger partial charge in [-0.2, -0.15) is 0 Å². The highest BCUT2D eigenvalue weighted by Crippen LogP contribution is 2.43. The molecule has 1 aliphatic heterocycles. The Kier molecular flexibility index (Phi) is 9.16. The number of rotatable bonds is 8. The van der Waals surface area contributed by atoms with E-state index < -0.39 is 27.3 Å². The number of anilines is 1. The van der Waals surface area contributed by atoms with E-state index >= 15 is 0 Å². The van der Waals surface area contributed by atoms with Crippen LogP contribution >= 0.6 is 0 Å². The van der Waals surface area contributed by atoms with Crippen LogP contribution in [0.15, 0.2) is 48.7 Å². The number of halogens is 2. The summed E-state index contributed by atoms with van der Waals surface area (Å²) in [5, 5.41) is 0.749. The molecule has 46 heavy (non-hydrogen) atoms. The van der Waals surface area contributed by atoms with Crippen molar-refractivity contribution in [2.45, 2.75) is 52.1 Å².